The van der Waals surface area contributed by atoms with E-state index < -0.39 is 38.7 Å². The van der Waals surface area contributed by atoms with Gasteiger partial charge in [-0.25, -0.2) is 13.2 Å². The van der Waals surface area contributed by atoms with Gasteiger partial charge in [-0.1, -0.05) is 29.8 Å². The number of rotatable bonds is 9. The Balaban J connectivity index is 1.44. The number of aliphatic imine (C=N–C) groups is 1. The first-order valence-corrected chi connectivity index (χ1v) is 14.9. The number of carbonyl (C=O) groups excluding carboxylic acids is 2. The third-order valence-electron chi connectivity index (χ3n) is 7.57. The van der Waals surface area contributed by atoms with Gasteiger partial charge in [0.05, 0.1) is 22.5 Å². The summed E-state index contributed by atoms with van der Waals surface area (Å²) in [4.78, 5) is 43.8. The number of nitrogens with zero attached hydrogens (tertiary/aromatic N) is 4. The van der Waals surface area contributed by atoms with Crippen molar-refractivity contribution in [3.05, 3.63) is 81.0 Å². The van der Waals surface area contributed by atoms with Crippen molar-refractivity contribution in [3.8, 4) is 0 Å². The van der Waals surface area contributed by atoms with E-state index in [-0.39, 0.29) is 22.8 Å². The topological polar surface area (TPSA) is 149 Å². The van der Waals surface area contributed by atoms with E-state index in [0.29, 0.717) is 49.7 Å². The van der Waals surface area contributed by atoms with Crippen LogP contribution in [0.2, 0.25) is 0 Å². The van der Waals surface area contributed by atoms with Gasteiger partial charge in [-0.15, -0.1) is 0 Å². The second-order valence-corrected chi connectivity index (χ2v) is 12.2. The minimum Gasteiger partial charge on any atom is -0.468 e. The van der Waals surface area contributed by atoms with E-state index in [1.54, 1.807) is 44.2 Å². The zero-order chi connectivity index (χ0) is 30.6. The lowest BCUT2D eigenvalue weighted by Gasteiger charge is -2.34. The van der Waals surface area contributed by atoms with E-state index in [0.717, 1.165) is 5.56 Å². The molecule has 1 saturated heterocycles. The Morgan fingerprint density at radius 1 is 1.05 bits per heavy atom. The normalized spacial score (nSPS) is 20.1. The van der Waals surface area contributed by atoms with Gasteiger partial charge in [-0.05, 0) is 38.5 Å². The lowest BCUT2D eigenvalue weighted by atomic mass is 9.75. The molecule has 0 saturated carbocycles. The van der Waals surface area contributed by atoms with Crippen molar-refractivity contribution in [2.45, 2.75) is 31.6 Å². The maximum Gasteiger partial charge on any atom is 0.336 e. The van der Waals surface area contributed by atoms with Crippen LogP contribution in [0.1, 0.15) is 30.9 Å². The van der Waals surface area contributed by atoms with Gasteiger partial charge in [-0.2, -0.15) is 4.31 Å². The number of nitro groups is 1. The van der Waals surface area contributed by atoms with Crippen LogP contribution >= 0.6 is 0 Å². The third kappa shape index (κ3) is 6.58. The van der Waals surface area contributed by atoms with E-state index >= 15 is 0 Å². The summed E-state index contributed by atoms with van der Waals surface area (Å²) in [5.74, 6) is -3.16. The monoisotopic (exact) mass is 598 g/mol. The smallest absolute Gasteiger partial charge is 0.336 e. The zero-order valence-electron chi connectivity index (χ0n) is 24.0. The molecule has 1 fully saturated rings. The molecule has 0 aromatic heterocycles. The lowest BCUT2D eigenvalue weighted by molar-refractivity contribution is -0.384. The van der Waals surface area contributed by atoms with Crippen molar-refractivity contribution >= 4 is 33.4 Å². The van der Waals surface area contributed by atoms with Crippen LogP contribution in [0.25, 0.3) is 0 Å². The molecule has 4 rings (SSSR count). The highest BCUT2D eigenvalue weighted by Crippen LogP contribution is 2.41. The van der Waals surface area contributed by atoms with Crippen LogP contribution in [0.3, 0.4) is 0 Å². The van der Waals surface area contributed by atoms with Gasteiger partial charge >= 0.3 is 11.9 Å². The molecule has 2 heterocycles. The number of piperazine rings is 1. The van der Waals surface area contributed by atoms with E-state index in [9.17, 15) is 28.1 Å². The van der Waals surface area contributed by atoms with E-state index in [4.69, 9.17) is 9.47 Å². The zero-order valence-corrected chi connectivity index (χ0v) is 24.8. The van der Waals surface area contributed by atoms with Gasteiger partial charge in [0.25, 0.3) is 5.69 Å². The molecule has 2 unspecified atom stereocenters. The highest BCUT2D eigenvalue weighted by atomic mass is 32.2. The lowest BCUT2D eigenvalue weighted by Crippen LogP contribution is -2.49. The molecule has 0 amide bonds. The van der Waals surface area contributed by atoms with Crippen LogP contribution in [-0.4, -0.2) is 86.6 Å². The molecule has 0 aliphatic carbocycles. The Kier molecular flexibility index (Phi) is 9.54. The summed E-state index contributed by atoms with van der Waals surface area (Å²) in [5, 5.41) is 11.4. The molecule has 13 heteroatoms. The van der Waals surface area contributed by atoms with Crippen molar-refractivity contribution in [1.82, 2.24) is 9.21 Å². The van der Waals surface area contributed by atoms with Crippen LogP contribution < -0.4 is 0 Å². The molecule has 2 aliphatic heterocycles. The third-order valence-corrected chi connectivity index (χ3v) is 9.49. The average molecular weight is 599 g/mol. The van der Waals surface area contributed by atoms with Crippen molar-refractivity contribution in [1.29, 1.82) is 0 Å². The SMILES string of the molecule is COC(=O)C1C(C)=NC(C)=C(C(=O)OCCN2CCN(S(=O)(=O)c3ccc(C)cc3)CC2)C1c1cccc([N+](=O)[O-])c1. The predicted molar refractivity (Wildman–Crippen MR) is 154 cm³/mol. The maximum atomic E-state index is 13.4. The average Bonchev–Trinajstić information content (AvgIpc) is 2.97. The van der Waals surface area contributed by atoms with Crippen molar-refractivity contribution in [2.75, 3.05) is 46.4 Å². The molecule has 2 aliphatic rings. The molecule has 0 N–H and O–H groups in total. The molecule has 224 valence electrons. The number of hydrogen-bond acceptors (Lipinski definition) is 10. The first-order valence-electron chi connectivity index (χ1n) is 13.5. The largest absolute Gasteiger partial charge is 0.468 e. The van der Waals surface area contributed by atoms with Gasteiger partial charge in [0.15, 0.2) is 0 Å². The number of ether oxygens (including phenoxy) is 2. The summed E-state index contributed by atoms with van der Waals surface area (Å²) in [6.45, 7) is 7.11. The van der Waals surface area contributed by atoms with Crippen LogP contribution in [0, 0.1) is 23.0 Å². The fraction of sp³-hybridized carbons (Fsp3) is 0.414. The summed E-state index contributed by atoms with van der Waals surface area (Å²) in [5.41, 5.74) is 2.10. The Labute approximate surface area is 244 Å². The summed E-state index contributed by atoms with van der Waals surface area (Å²) >= 11 is 0. The Bertz CT molecular complexity index is 1530. The number of methoxy groups -OCH3 is 1. The molecule has 0 spiro atoms. The molecule has 0 bridgehead atoms. The van der Waals surface area contributed by atoms with E-state index in [1.165, 1.54) is 29.6 Å². The molecule has 42 heavy (non-hydrogen) atoms. The second-order valence-electron chi connectivity index (χ2n) is 10.3. The van der Waals surface area contributed by atoms with Gasteiger partial charge in [-0.3, -0.25) is 24.8 Å². The molecule has 0 radical (unpaired) electrons. The molecular formula is C29H34N4O8S. The quantitative estimate of drug-likeness (QED) is 0.241. The summed E-state index contributed by atoms with van der Waals surface area (Å²) < 4.78 is 38.1. The van der Waals surface area contributed by atoms with Gasteiger partial charge in [0, 0.05) is 62.2 Å². The molecule has 12 nitrogen and oxygen atoms in total. The first kappa shape index (κ1) is 31.0. The number of benzene rings is 2. The molecular weight excluding hydrogens is 564 g/mol. The number of esters is 2. The number of non-ortho nitro benzene ring substituents is 1. The summed E-state index contributed by atoms with van der Waals surface area (Å²) in [7, 11) is -2.36. The number of aryl methyl sites for hydroxylation is 1. The summed E-state index contributed by atoms with van der Waals surface area (Å²) in [6, 6.07) is 12.5. The Hall–Kier alpha value is -3.94. The second kappa shape index (κ2) is 12.9. The number of nitro benzene ring substituents is 1. The highest BCUT2D eigenvalue weighted by molar-refractivity contribution is 7.89. The first-order chi connectivity index (χ1) is 19.9. The maximum absolute atomic E-state index is 13.4. The summed E-state index contributed by atoms with van der Waals surface area (Å²) in [6.07, 6.45) is 0. The number of hydrogen-bond donors (Lipinski definition) is 0. The number of sulfonamides is 1. The van der Waals surface area contributed by atoms with Crippen LogP contribution in [0.15, 0.2) is 69.7 Å². The minimum atomic E-state index is -3.59. The molecule has 2 aromatic rings. The highest BCUT2D eigenvalue weighted by Gasteiger charge is 2.42. The van der Waals surface area contributed by atoms with Crippen LogP contribution in [-0.2, 0) is 29.1 Å². The van der Waals surface area contributed by atoms with E-state index in [2.05, 4.69) is 4.99 Å². The van der Waals surface area contributed by atoms with Crippen LogP contribution in [0.4, 0.5) is 5.69 Å². The minimum absolute atomic E-state index is 0.0214. The number of allylic oxidation sites excluding steroid dienone is 1. The van der Waals surface area contributed by atoms with Gasteiger partial charge in [0.1, 0.15) is 12.5 Å². The fourth-order valence-electron chi connectivity index (χ4n) is 5.32. The molecule has 2 atom stereocenters. The Morgan fingerprint density at radius 2 is 1.71 bits per heavy atom. The van der Waals surface area contributed by atoms with Crippen molar-refractivity contribution < 1.29 is 32.4 Å². The van der Waals surface area contributed by atoms with Crippen LogP contribution in [0.5, 0.6) is 0 Å². The number of carbonyl (C=O) groups is 2. The van der Waals surface area contributed by atoms with Crippen molar-refractivity contribution in [2.24, 2.45) is 10.9 Å². The van der Waals surface area contributed by atoms with Gasteiger partial charge < -0.3 is 9.47 Å². The predicted octanol–water partition coefficient (Wildman–Crippen LogP) is 3.07. The standard InChI is InChI=1S/C29H34N4O8S/c1-19-8-10-24(11-9-19)42(38,39)32-14-12-31(13-15-32)16-17-41-29(35)26-21(3)30-20(2)25(28(34)40-4)27(26)22-6-5-7-23(18-22)33(36)37/h5-11,18,25,27H,12-17H2,1-4H3. The van der Waals surface area contributed by atoms with Gasteiger partial charge in [0.2, 0.25) is 10.0 Å². The van der Waals surface area contributed by atoms with E-state index in [1.807, 2.05) is 11.8 Å². The molecule has 2 aromatic carbocycles. The van der Waals surface area contributed by atoms with Crippen molar-refractivity contribution in [3.63, 3.8) is 0 Å². The fourth-order valence-corrected chi connectivity index (χ4v) is 6.75. The Morgan fingerprint density at radius 3 is 2.33 bits per heavy atom.